The molecule has 0 N–H and O–H groups in total. The highest BCUT2D eigenvalue weighted by molar-refractivity contribution is 8.15. The molecule has 1 saturated heterocycles. The van der Waals surface area contributed by atoms with E-state index in [0.717, 1.165) is 4.90 Å². The van der Waals surface area contributed by atoms with E-state index in [1.807, 2.05) is 24.3 Å². The van der Waals surface area contributed by atoms with Crippen LogP contribution in [0, 0.1) is 0 Å². The van der Waals surface area contributed by atoms with Crippen LogP contribution < -0.4 is 0 Å². The molecule has 2 amide bonds. The number of pyridine rings is 1. The van der Waals surface area contributed by atoms with Gasteiger partial charge in [-0.1, -0.05) is 36.0 Å². The van der Waals surface area contributed by atoms with Crippen molar-refractivity contribution in [2.75, 3.05) is 5.75 Å². The van der Waals surface area contributed by atoms with Crippen LogP contribution >= 0.6 is 11.8 Å². The molecule has 1 aliphatic heterocycles. The molecule has 1 aromatic carbocycles. The number of carbonyl (C=O) groups is 2. The lowest BCUT2D eigenvalue weighted by atomic mass is 10.2. The third-order valence-electron chi connectivity index (χ3n) is 3.31. The van der Waals surface area contributed by atoms with E-state index < -0.39 is 5.91 Å². The van der Waals surface area contributed by atoms with Gasteiger partial charge in [0.05, 0.1) is 17.2 Å². The first-order chi connectivity index (χ1) is 11.7. The summed E-state index contributed by atoms with van der Waals surface area (Å²) in [4.78, 5) is 29.9. The summed E-state index contributed by atoms with van der Waals surface area (Å²) in [6, 6.07) is 14.1. The highest BCUT2D eigenvalue weighted by Crippen LogP contribution is 2.22. The normalized spacial score (nSPS) is 16.7. The summed E-state index contributed by atoms with van der Waals surface area (Å²) >= 11 is 1.20. The number of imide groups is 1. The number of amides is 2. The molecule has 1 aromatic heterocycles. The summed E-state index contributed by atoms with van der Waals surface area (Å²) in [5, 5.41) is 8.48. The van der Waals surface area contributed by atoms with Crippen molar-refractivity contribution in [2.45, 2.75) is 6.92 Å². The van der Waals surface area contributed by atoms with Crippen molar-refractivity contribution in [3.63, 3.8) is 0 Å². The Morgan fingerprint density at radius 3 is 2.62 bits per heavy atom. The molecule has 6 nitrogen and oxygen atoms in total. The minimum Gasteiger partial charge on any atom is -0.273 e. The van der Waals surface area contributed by atoms with Gasteiger partial charge in [0.15, 0.2) is 5.17 Å². The zero-order valence-corrected chi connectivity index (χ0v) is 13.7. The molecule has 0 radical (unpaired) electrons. The summed E-state index contributed by atoms with van der Waals surface area (Å²) in [7, 11) is 0. The largest absolute Gasteiger partial charge is 0.273 e. The van der Waals surface area contributed by atoms with Crippen LogP contribution in [0.15, 0.2) is 64.9 Å². The fourth-order valence-electron chi connectivity index (χ4n) is 2.09. The van der Waals surface area contributed by atoms with E-state index >= 15 is 0 Å². The maximum Gasteiger partial charge on any atom is 0.266 e. The highest BCUT2D eigenvalue weighted by Gasteiger charge is 2.34. The molecular weight excluding hydrogens is 324 g/mol. The molecule has 120 valence electrons. The first kappa shape index (κ1) is 16.1. The van der Waals surface area contributed by atoms with Crippen LogP contribution in [0.4, 0.5) is 0 Å². The molecule has 7 heteroatoms. The average Bonchev–Trinajstić information content (AvgIpc) is 3.01. The standard InChI is InChI=1S/C17H14N4O2S/c1-12(14-9-5-6-10-18-14)19-20-17-21(15(22)11-24-17)16(23)13-7-3-2-4-8-13/h2-10H,11H2,1H3/b19-12-,20-17+. The molecule has 3 rings (SSSR count). The van der Waals surface area contributed by atoms with Crippen LogP contribution in [0.2, 0.25) is 0 Å². The summed E-state index contributed by atoms with van der Waals surface area (Å²) in [6.45, 7) is 1.77. The first-order valence-electron chi connectivity index (χ1n) is 7.25. The van der Waals surface area contributed by atoms with Crippen LogP contribution in [-0.2, 0) is 4.79 Å². The van der Waals surface area contributed by atoms with Gasteiger partial charge in [-0.15, -0.1) is 5.10 Å². The van der Waals surface area contributed by atoms with Crippen molar-refractivity contribution in [3.8, 4) is 0 Å². The molecule has 0 spiro atoms. The van der Waals surface area contributed by atoms with E-state index in [9.17, 15) is 9.59 Å². The van der Waals surface area contributed by atoms with Gasteiger partial charge in [0, 0.05) is 11.8 Å². The van der Waals surface area contributed by atoms with Crippen molar-refractivity contribution >= 4 is 34.5 Å². The number of nitrogens with zero attached hydrogens (tertiary/aromatic N) is 4. The predicted octanol–water partition coefficient (Wildman–Crippen LogP) is 2.58. The third-order valence-corrected chi connectivity index (χ3v) is 4.22. The second-order valence-corrected chi connectivity index (χ2v) is 5.91. The Labute approximate surface area is 143 Å². The first-order valence-corrected chi connectivity index (χ1v) is 8.24. The topological polar surface area (TPSA) is 75.0 Å². The number of carbonyl (C=O) groups excluding carboxylic acids is 2. The second kappa shape index (κ2) is 7.18. The molecular formula is C17H14N4O2S. The Morgan fingerprint density at radius 2 is 1.92 bits per heavy atom. The minimum atomic E-state index is -0.393. The number of hydrogen-bond acceptors (Lipinski definition) is 6. The zero-order chi connectivity index (χ0) is 16.9. The van der Waals surface area contributed by atoms with Crippen molar-refractivity contribution in [1.29, 1.82) is 0 Å². The van der Waals surface area contributed by atoms with Crippen molar-refractivity contribution in [2.24, 2.45) is 10.2 Å². The third kappa shape index (κ3) is 3.41. The van der Waals surface area contributed by atoms with Gasteiger partial charge >= 0.3 is 0 Å². The zero-order valence-electron chi connectivity index (χ0n) is 12.9. The van der Waals surface area contributed by atoms with Gasteiger partial charge in [0.2, 0.25) is 5.91 Å². The van der Waals surface area contributed by atoms with Gasteiger partial charge in [0.25, 0.3) is 5.91 Å². The van der Waals surface area contributed by atoms with Gasteiger partial charge in [-0.25, -0.2) is 4.90 Å². The second-order valence-electron chi connectivity index (χ2n) is 4.97. The number of hydrogen-bond donors (Lipinski definition) is 0. The monoisotopic (exact) mass is 338 g/mol. The van der Waals surface area contributed by atoms with Crippen LogP contribution in [0.1, 0.15) is 23.0 Å². The number of thioether (sulfide) groups is 1. The summed E-state index contributed by atoms with van der Waals surface area (Å²) in [5.74, 6) is -0.511. The molecule has 1 aliphatic rings. The fraction of sp³-hybridized carbons (Fsp3) is 0.118. The van der Waals surface area contributed by atoms with Gasteiger partial charge in [-0.05, 0) is 31.2 Å². The van der Waals surface area contributed by atoms with Gasteiger partial charge < -0.3 is 0 Å². The van der Waals surface area contributed by atoms with Crippen molar-refractivity contribution in [1.82, 2.24) is 9.88 Å². The lowest BCUT2D eigenvalue weighted by Gasteiger charge is -2.13. The Balaban J connectivity index is 1.87. The SMILES string of the molecule is C/C(=N/N=C1/SCC(=O)N1C(=O)c1ccccc1)c1ccccn1. The molecule has 0 unspecified atom stereocenters. The van der Waals surface area contributed by atoms with Crippen LogP contribution in [0.25, 0.3) is 0 Å². The minimum absolute atomic E-state index is 0.176. The Hall–Kier alpha value is -2.80. The van der Waals surface area contributed by atoms with Gasteiger partial charge in [-0.2, -0.15) is 5.10 Å². The van der Waals surface area contributed by atoms with Crippen LogP contribution in [-0.4, -0.2) is 38.3 Å². The smallest absolute Gasteiger partial charge is 0.266 e. The van der Waals surface area contributed by atoms with E-state index in [4.69, 9.17) is 0 Å². The molecule has 1 fully saturated rings. The van der Waals surface area contributed by atoms with Crippen molar-refractivity contribution < 1.29 is 9.59 Å². The highest BCUT2D eigenvalue weighted by atomic mass is 32.2. The predicted molar refractivity (Wildman–Crippen MR) is 94.0 cm³/mol. The number of benzene rings is 1. The van der Waals surface area contributed by atoms with E-state index in [-0.39, 0.29) is 16.8 Å². The number of amidine groups is 1. The fourth-order valence-corrected chi connectivity index (χ4v) is 2.89. The molecule has 2 heterocycles. The molecule has 0 atom stereocenters. The lowest BCUT2D eigenvalue weighted by Crippen LogP contribution is -2.35. The van der Waals surface area contributed by atoms with E-state index in [1.54, 1.807) is 37.4 Å². The molecule has 0 bridgehead atoms. The maximum absolute atomic E-state index is 12.5. The molecule has 0 aliphatic carbocycles. The van der Waals surface area contributed by atoms with Gasteiger partial charge in [-0.3, -0.25) is 14.6 Å². The molecule has 24 heavy (non-hydrogen) atoms. The number of rotatable bonds is 3. The Kier molecular flexibility index (Phi) is 4.81. The average molecular weight is 338 g/mol. The van der Waals surface area contributed by atoms with Crippen LogP contribution in [0.5, 0.6) is 0 Å². The quantitative estimate of drug-likeness (QED) is 0.490. The van der Waals surface area contributed by atoms with E-state index in [2.05, 4.69) is 15.2 Å². The number of aromatic nitrogens is 1. The Morgan fingerprint density at radius 1 is 1.17 bits per heavy atom. The van der Waals surface area contributed by atoms with E-state index in [1.165, 1.54) is 11.8 Å². The summed E-state index contributed by atoms with van der Waals surface area (Å²) in [5.41, 5.74) is 1.73. The van der Waals surface area contributed by atoms with Crippen LogP contribution in [0.3, 0.4) is 0 Å². The lowest BCUT2D eigenvalue weighted by molar-refractivity contribution is -0.122. The molecule has 0 saturated carbocycles. The summed E-state index contributed by atoms with van der Waals surface area (Å²) in [6.07, 6.45) is 1.67. The molecule has 2 aromatic rings. The van der Waals surface area contributed by atoms with Gasteiger partial charge in [0.1, 0.15) is 0 Å². The Bertz CT molecular complexity index is 819. The van der Waals surface area contributed by atoms with E-state index in [0.29, 0.717) is 17.0 Å². The summed E-state index contributed by atoms with van der Waals surface area (Å²) < 4.78 is 0. The maximum atomic E-state index is 12.5. The van der Waals surface area contributed by atoms with Crippen molar-refractivity contribution in [3.05, 3.63) is 66.0 Å².